The van der Waals surface area contributed by atoms with E-state index in [9.17, 15) is 9.90 Å². The monoisotopic (exact) mass is 198 g/mol. The van der Waals surface area contributed by atoms with E-state index >= 15 is 0 Å². The highest BCUT2D eigenvalue weighted by Gasteiger charge is 2.28. The van der Waals surface area contributed by atoms with Crippen molar-refractivity contribution in [3.63, 3.8) is 0 Å². The van der Waals surface area contributed by atoms with Gasteiger partial charge in [0.1, 0.15) is 0 Å². The second-order valence-electron chi connectivity index (χ2n) is 3.62. The molecule has 1 aliphatic heterocycles. The summed E-state index contributed by atoms with van der Waals surface area (Å²) in [4.78, 5) is 13.3. The molecular weight excluding hydrogens is 180 g/mol. The third-order valence-corrected chi connectivity index (χ3v) is 2.63. The molecule has 80 valence electrons. The first-order valence-electron chi connectivity index (χ1n) is 5.02. The summed E-state index contributed by atoms with van der Waals surface area (Å²) in [7, 11) is 0. The minimum absolute atomic E-state index is 0.0540. The maximum atomic E-state index is 11.6. The maximum Gasteiger partial charge on any atom is 0.246 e. The Morgan fingerprint density at radius 1 is 1.71 bits per heavy atom. The number of likely N-dealkylation sites (tertiary alicyclic amines) is 1. The van der Waals surface area contributed by atoms with E-state index in [2.05, 4.69) is 0 Å². The van der Waals surface area contributed by atoms with Crippen molar-refractivity contribution in [3.05, 3.63) is 12.2 Å². The summed E-state index contributed by atoms with van der Waals surface area (Å²) in [5.41, 5.74) is 5.26. The van der Waals surface area contributed by atoms with E-state index in [0.717, 1.165) is 19.4 Å². The number of carbonyl (C=O) groups excluding carboxylic acids is 1. The number of nitrogens with zero attached hydrogens (tertiary/aromatic N) is 1. The van der Waals surface area contributed by atoms with Crippen LogP contribution in [0.5, 0.6) is 0 Å². The van der Waals surface area contributed by atoms with Crippen molar-refractivity contribution in [2.45, 2.75) is 31.9 Å². The summed E-state index contributed by atoms with van der Waals surface area (Å²) >= 11 is 0. The van der Waals surface area contributed by atoms with Crippen LogP contribution in [-0.4, -0.2) is 41.1 Å². The van der Waals surface area contributed by atoms with Crippen LogP contribution in [0.3, 0.4) is 0 Å². The minimum Gasteiger partial charge on any atom is -0.391 e. The molecule has 1 heterocycles. The van der Waals surface area contributed by atoms with Crippen molar-refractivity contribution in [2.75, 3.05) is 13.1 Å². The van der Waals surface area contributed by atoms with Crippen LogP contribution >= 0.6 is 0 Å². The average molecular weight is 198 g/mol. The van der Waals surface area contributed by atoms with Crippen molar-refractivity contribution in [1.29, 1.82) is 0 Å². The molecule has 0 spiro atoms. The lowest BCUT2D eigenvalue weighted by atomic mass is 10.0. The molecule has 1 amide bonds. The second kappa shape index (κ2) is 5.12. The molecule has 1 aliphatic rings. The summed E-state index contributed by atoms with van der Waals surface area (Å²) < 4.78 is 0. The van der Waals surface area contributed by atoms with Crippen LogP contribution in [0.2, 0.25) is 0 Å². The largest absolute Gasteiger partial charge is 0.391 e. The number of hydrogen-bond acceptors (Lipinski definition) is 3. The topological polar surface area (TPSA) is 66.6 Å². The molecule has 0 aromatic rings. The number of amides is 1. The van der Waals surface area contributed by atoms with Gasteiger partial charge in [-0.3, -0.25) is 4.79 Å². The molecular formula is C10H18N2O2. The zero-order valence-electron chi connectivity index (χ0n) is 8.52. The molecule has 2 unspecified atom stereocenters. The predicted octanol–water partition coefficient (Wildman–Crippen LogP) is -0.127. The Balaban J connectivity index is 2.57. The first-order valence-corrected chi connectivity index (χ1v) is 5.02. The van der Waals surface area contributed by atoms with E-state index in [-0.39, 0.29) is 18.1 Å². The van der Waals surface area contributed by atoms with Crippen LogP contribution in [0.1, 0.15) is 19.8 Å². The van der Waals surface area contributed by atoms with E-state index in [1.807, 2.05) is 6.92 Å². The van der Waals surface area contributed by atoms with Crippen LogP contribution in [-0.2, 0) is 4.79 Å². The quantitative estimate of drug-likeness (QED) is 0.608. The van der Waals surface area contributed by atoms with Crippen molar-refractivity contribution in [1.82, 2.24) is 4.90 Å². The van der Waals surface area contributed by atoms with Crippen LogP contribution in [0.4, 0.5) is 0 Å². The van der Waals surface area contributed by atoms with Gasteiger partial charge in [-0.1, -0.05) is 6.08 Å². The molecule has 0 aromatic heterocycles. The molecule has 0 saturated carbocycles. The van der Waals surface area contributed by atoms with Gasteiger partial charge in [0.25, 0.3) is 0 Å². The third-order valence-electron chi connectivity index (χ3n) is 2.63. The van der Waals surface area contributed by atoms with Crippen LogP contribution in [0.25, 0.3) is 0 Å². The third kappa shape index (κ3) is 2.56. The second-order valence-corrected chi connectivity index (χ2v) is 3.62. The van der Waals surface area contributed by atoms with E-state index in [0.29, 0.717) is 6.54 Å². The fourth-order valence-electron chi connectivity index (χ4n) is 1.70. The SMILES string of the molecule is CC1C(O)CCCN1C(=O)/C=C/CN. The standard InChI is InChI=1S/C10H18N2O2/c1-8-9(13)4-3-7-12(8)10(14)5-2-6-11/h2,5,8-9,13H,3-4,6-7,11H2,1H3/b5-2+. The zero-order valence-corrected chi connectivity index (χ0v) is 8.52. The first kappa shape index (κ1) is 11.2. The van der Waals surface area contributed by atoms with Gasteiger partial charge >= 0.3 is 0 Å². The normalized spacial score (nSPS) is 28.4. The van der Waals surface area contributed by atoms with E-state index in [4.69, 9.17) is 5.73 Å². The van der Waals surface area contributed by atoms with Gasteiger partial charge in [-0.2, -0.15) is 0 Å². The van der Waals surface area contributed by atoms with Gasteiger partial charge in [-0.15, -0.1) is 0 Å². The van der Waals surface area contributed by atoms with Crippen molar-refractivity contribution >= 4 is 5.91 Å². The van der Waals surface area contributed by atoms with E-state index < -0.39 is 0 Å². The molecule has 0 aromatic carbocycles. The highest BCUT2D eigenvalue weighted by molar-refractivity contribution is 5.87. The van der Waals surface area contributed by atoms with Gasteiger partial charge in [-0.05, 0) is 19.8 Å². The minimum atomic E-state index is -0.390. The molecule has 2 atom stereocenters. The molecule has 4 heteroatoms. The number of carbonyl (C=O) groups is 1. The van der Waals surface area contributed by atoms with Gasteiger partial charge in [-0.25, -0.2) is 0 Å². The average Bonchev–Trinajstić information content (AvgIpc) is 2.18. The fourth-order valence-corrected chi connectivity index (χ4v) is 1.70. The van der Waals surface area contributed by atoms with Crippen molar-refractivity contribution in [3.8, 4) is 0 Å². The Labute approximate surface area is 84.4 Å². The summed E-state index contributed by atoms with van der Waals surface area (Å²) in [6.45, 7) is 2.97. The molecule has 0 aliphatic carbocycles. The summed E-state index contributed by atoms with van der Waals surface area (Å²) in [5.74, 6) is -0.0540. The number of aliphatic hydroxyl groups excluding tert-OH is 1. The Bertz CT molecular complexity index is 228. The zero-order chi connectivity index (χ0) is 10.6. The molecule has 0 bridgehead atoms. The van der Waals surface area contributed by atoms with Crippen LogP contribution in [0, 0.1) is 0 Å². The lowest BCUT2D eigenvalue weighted by molar-refractivity contribution is -0.132. The number of aliphatic hydroxyl groups is 1. The molecule has 0 radical (unpaired) electrons. The Kier molecular flexibility index (Phi) is 4.10. The van der Waals surface area contributed by atoms with Gasteiger partial charge in [0.15, 0.2) is 0 Å². The predicted molar refractivity (Wildman–Crippen MR) is 54.6 cm³/mol. The van der Waals surface area contributed by atoms with E-state index in [1.165, 1.54) is 6.08 Å². The summed E-state index contributed by atoms with van der Waals surface area (Å²) in [6, 6.07) is -0.0846. The number of hydrogen-bond donors (Lipinski definition) is 2. The molecule has 14 heavy (non-hydrogen) atoms. The Morgan fingerprint density at radius 2 is 2.43 bits per heavy atom. The van der Waals surface area contributed by atoms with Crippen LogP contribution in [0.15, 0.2) is 12.2 Å². The molecule has 1 fully saturated rings. The molecule has 1 saturated heterocycles. The lowest BCUT2D eigenvalue weighted by Crippen LogP contribution is -2.48. The van der Waals surface area contributed by atoms with Crippen molar-refractivity contribution in [2.24, 2.45) is 5.73 Å². The summed E-state index contributed by atoms with van der Waals surface area (Å²) in [6.07, 6.45) is 4.38. The van der Waals surface area contributed by atoms with E-state index in [1.54, 1.807) is 11.0 Å². The van der Waals surface area contributed by atoms with Gasteiger partial charge in [0.2, 0.25) is 5.91 Å². The van der Waals surface area contributed by atoms with Crippen LogP contribution < -0.4 is 5.73 Å². The van der Waals surface area contributed by atoms with Crippen molar-refractivity contribution < 1.29 is 9.90 Å². The molecule has 1 rings (SSSR count). The number of rotatable bonds is 2. The Hall–Kier alpha value is -0.870. The molecule has 4 nitrogen and oxygen atoms in total. The molecule has 3 N–H and O–H groups in total. The maximum absolute atomic E-state index is 11.6. The summed E-state index contributed by atoms with van der Waals surface area (Å²) in [5, 5.41) is 9.58. The lowest BCUT2D eigenvalue weighted by Gasteiger charge is -2.36. The number of piperidine rings is 1. The first-order chi connectivity index (χ1) is 6.66. The Morgan fingerprint density at radius 3 is 3.07 bits per heavy atom. The van der Waals surface area contributed by atoms with Gasteiger partial charge < -0.3 is 15.7 Å². The number of nitrogens with two attached hydrogens (primary N) is 1. The highest BCUT2D eigenvalue weighted by Crippen LogP contribution is 2.17. The van der Waals surface area contributed by atoms with Gasteiger partial charge in [0, 0.05) is 19.2 Å². The smallest absolute Gasteiger partial charge is 0.246 e. The van der Waals surface area contributed by atoms with Gasteiger partial charge in [0.05, 0.1) is 12.1 Å². The highest BCUT2D eigenvalue weighted by atomic mass is 16.3. The fraction of sp³-hybridized carbons (Fsp3) is 0.700.